The predicted octanol–water partition coefficient (Wildman–Crippen LogP) is 6.61. The summed E-state index contributed by atoms with van der Waals surface area (Å²) in [7, 11) is 0. The van der Waals surface area contributed by atoms with Crippen LogP contribution in [0.1, 0.15) is 104 Å². The number of carbonyl (C=O) groups excluding carboxylic acids is 4. The van der Waals surface area contributed by atoms with Crippen molar-refractivity contribution in [2.75, 3.05) is 49.5 Å². The number of halogens is 1. The molecule has 5 fully saturated rings. The number of hydrogen-bond donors (Lipinski definition) is 5. The first-order valence-corrected chi connectivity index (χ1v) is 28.5. The third-order valence-electron chi connectivity index (χ3n) is 15.9. The highest BCUT2D eigenvalue weighted by Gasteiger charge is 2.48. The van der Waals surface area contributed by atoms with E-state index in [2.05, 4.69) is 37.7 Å². The second kappa shape index (κ2) is 23.2. The molecule has 4 saturated heterocycles. The predicted molar refractivity (Wildman–Crippen MR) is 290 cm³/mol. The van der Waals surface area contributed by atoms with Gasteiger partial charge in [-0.3, -0.25) is 19.2 Å². The van der Waals surface area contributed by atoms with Gasteiger partial charge < -0.3 is 51.0 Å². The van der Waals surface area contributed by atoms with Crippen LogP contribution in [0.4, 0.5) is 11.6 Å². The van der Waals surface area contributed by atoms with E-state index in [0.29, 0.717) is 55.4 Å². The number of nitrogens with zero attached hydrogens (tertiary/aromatic N) is 7. The molecule has 1 spiro atoms. The SMILES string of the molecule is CC(=O)N[C@H](C(=O)N1C[C@H](O)C[C@H]1C(=O)NCc1ccc(-c2scnc2C)cc1OC1CCC(C(=O)N2CCC(Nc3nccc(Sc4cnc(N5CCC6(CC5)CO[C@@H](C)[C@H]6N)cn4)c3Cl)CC2)CC1)C(C)(C)C. The van der Waals surface area contributed by atoms with Gasteiger partial charge in [-0.15, -0.1) is 11.3 Å². The van der Waals surface area contributed by atoms with Gasteiger partial charge in [0, 0.05) is 92.7 Å². The number of piperidine rings is 2. The van der Waals surface area contributed by atoms with E-state index in [0.717, 1.165) is 82.8 Å². The summed E-state index contributed by atoms with van der Waals surface area (Å²) >= 11 is 9.95. The third kappa shape index (κ3) is 12.5. The summed E-state index contributed by atoms with van der Waals surface area (Å²) in [4.78, 5) is 79.8. The van der Waals surface area contributed by atoms with Crippen molar-refractivity contribution in [3.05, 3.63) is 64.6 Å². The van der Waals surface area contributed by atoms with Crippen molar-refractivity contribution < 1.29 is 33.8 Å². The quantitative estimate of drug-likeness (QED) is 0.0895. The Bertz CT molecular complexity index is 2680. The van der Waals surface area contributed by atoms with E-state index < -0.39 is 35.4 Å². The molecule has 404 valence electrons. The molecule has 1 saturated carbocycles. The van der Waals surface area contributed by atoms with Gasteiger partial charge in [0.2, 0.25) is 23.6 Å². The van der Waals surface area contributed by atoms with Crippen LogP contribution >= 0.6 is 34.7 Å². The van der Waals surface area contributed by atoms with Crippen LogP contribution in [0.25, 0.3) is 10.4 Å². The van der Waals surface area contributed by atoms with Gasteiger partial charge in [0.1, 0.15) is 34.5 Å². The molecule has 5 aliphatic rings. The number of carbonyl (C=O) groups is 4. The maximum atomic E-state index is 14.0. The minimum atomic E-state index is -0.912. The zero-order valence-electron chi connectivity index (χ0n) is 43.9. The molecular formula is C54H72ClN11O7S2. The first-order chi connectivity index (χ1) is 35.9. The van der Waals surface area contributed by atoms with Crippen LogP contribution in [-0.4, -0.2) is 140 Å². The van der Waals surface area contributed by atoms with E-state index >= 15 is 0 Å². The molecule has 7 heterocycles. The van der Waals surface area contributed by atoms with Crippen LogP contribution in [0.3, 0.4) is 0 Å². The number of aliphatic hydroxyl groups is 1. The molecule has 9 rings (SSSR count). The number of likely N-dealkylation sites (tertiary alicyclic amines) is 2. The summed E-state index contributed by atoms with van der Waals surface area (Å²) in [6.45, 7) is 14.8. The van der Waals surface area contributed by atoms with Gasteiger partial charge in [-0.25, -0.2) is 19.9 Å². The van der Waals surface area contributed by atoms with Crippen LogP contribution in [0.15, 0.2) is 58.3 Å². The van der Waals surface area contributed by atoms with E-state index in [4.69, 9.17) is 36.8 Å². The number of benzene rings is 1. The Labute approximate surface area is 453 Å². The number of aliphatic hydroxyl groups excluding tert-OH is 1. The average molecular weight is 1090 g/mol. The van der Waals surface area contributed by atoms with Crippen molar-refractivity contribution in [3.8, 4) is 16.2 Å². The van der Waals surface area contributed by atoms with Gasteiger partial charge in [-0.1, -0.05) is 56.3 Å². The Morgan fingerprint density at radius 2 is 1.76 bits per heavy atom. The summed E-state index contributed by atoms with van der Waals surface area (Å²) in [6, 6.07) is 6.19. The first-order valence-electron chi connectivity index (χ1n) is 26.4. The molecule has 0 radical (unpaired) electrons. The summed E-state index contributed by atoms with van der Waals surface area (Å²) in [5.41, 5.74) is 10.4. The molecular weight excluding hydrogens is 1010 g/mol. The number of thiazole rings is 1. The number of pyridine rings is 1. The van der Waals surface area contributed by atoms with Crippen molar-refractivity contribution in [2.45, 2.75) is 158 Å². The second-order valence-electron chi connectivity index (χ2n) is 22.2. The number of β-amino-alcohol motifs (C(OH)–C–C–N with tert-alkyl or cyclic N) is 1. The highest BCUT2D eigenvalue weighted by atomic mass is 35.5. The van der Waals surface area contributed by atoms with Gasteiger partial charge in [0.15, 0.2) is 0 Å². The molecule has 0 bridgehead atoms. The van der Waals surface area contributed by atoms with E-state index in [1.165, 1.54) is 23.6 Å². The lowest BCUT2D eigenvalue weighted by molar-refractivity contribution is -0.143. The number of anilines is 2. The van der Waals surface area contributed by atoms with E-state index in [9.17, 15) is 24.3 Å². The van der Waals surface area contributed by atoms with Gasteiger partial charge in [0.25, 0.3) is 0 Å². The normalized spacial score (nSPS) is 24.5. The fraction of sp³-hybridized carbons (Fsp3) is 0.593. The number of aryl methyl sites for hydroxylation is 1. The molecule has 4 aliphatic heterocycles. The van der Waals surface area contributed by atoms with Crippen LogP contribution in [0.2, 0.25) is 5.02 Å². The highest BCUT2D eigenvalue weighted by Crippen LogP contribution is 2.43. The summed E-state index contributed by atoms with van der Waals surface area (Å²) in [5.74, 6) is 1.01. The number of ether oxygens (including phenoxy) is 2. The molecule has 18 nitrogen and oxygen atoms in total. The monoisotopic (exact) mass is 1090 g/mol. The Morgan fingerprint density at radius 3 is 2.40 bits per heavy atom. The lowest BCUT2D eigenvalue weighted by atomic mass is 9.73. The average Bonchev–Trinajstić information content (AvgIpc) is 4.10. The standard InChI is InChI=1S/C54H72ClN11O7S2/c1-31-46(74-30-61-31)35-7-8-36(25-60-50(69)40-24-38(68)28-66(40)52(71)48(53(4,5)6)62-33(3)67)41(23-35)73-39-11-9-34(10-12-39)51(70)65-19-14-37(15-20-65)63-49-45(55)42(13-18-57-49)75-44-27-58-43(26-59-44)64-21-16-54(17-22-64)29-72-32(2)47(54)56/h7-8,13,18,23,26-27,30,32,34,37-40,47-48,68H,9-12,14-17,19-22,24-25,28-29,56H2,1-6H3,(H,57,63)(H,60,69)(H,62,67)/t32-,34?,38+,39?,40-,47+,48+/m0/s1. The van der Waals surface area contributed by atoms with Crippen LogP contribution in [-0.2, 0) is 30.5 Å². The molecule has 21 heteroatoms. The minimum Gasteiger partial charge on any atom is -0.490 e. The summed E-state index contributed by atoms with van der Waals surface area (Å²) in [5, 5.41) is 21.2. The second-order valence-corrected chi connectivity index (χ2v) is 24.5. The molecule has 0 unspecified atom stereocenters. The molecule has 4 aromatic rings. The fourth-order valence-electron chi connectivity index (χ4n) is 11.4. The lowest BCUT2D eigenvalue weighted by Gasteiger charge is -2.41. The van der Waals surface area contributed by atoms with Crippen LogP contribution < -0.4 is 31.3 Å². The molecule has 6 N–H and O–H groups in total. The highest BCUT2D eigenvalue weighted by molar-refractivity contribution is 7.99. The van der Waals surface area contributed by atoms with Crippen molar-refractivity contribution in [1.82, 2.24) is 40.4 Å². The lowest BCUT2D eigenvalue weighted by Crippen LogP contribution is -2.57. The maximum absolute atomic E-state index is 14.0. The van der Waals surface area contributed by atoms with Crippen molar-refractivity contribution >= 4 is 70.0 Å². The number of nitrogens with two attached hydrogens (primary N) is 1. The molecule has 1 aromatic carbocycles. The molecule has 4 amide bonds. The van der Waals surface area contributed by atoms with Crippen LogP contribution in [0.5, 0.6) is 5.75 Å². The largest absolute Gasteiger partial charge is 0.490 e. The van der Waals surface area contributed by atoms with Gasteiger partial charge >= 0.3 is 0 Å². The number of hydrogen-bond acceptors (Lipinski definition) is 16. The summed E-state index contributed by atoms with van der Waals surface area (Å²) < 4.78 is 12.7. The van der Waals surface area contributed by atoms with Crippen molar-refractivity contribution in [2.24, 2.45) is 22.5 Å². The Hall–Kier alpha value is -5.12. The molecule has 5 atom stereocenters. The minimum absolute atomic E-state index is 0.00896. The summed E-state index contributed by atoms with van der Waals surface area (Å²) in [6.07, 6.45) is 10.8. The topological polar surface area (TPSA) is 230 Å². The number of rotatable bonds is 14. The zero-order chi connectivity index (χ0) is 53.2. The number of aromatic nitrogens is 4. The molecule has 75 heavy (non-hydrogen) atoms. The number of amides is 4. The Kier molecular flexibility index (Phi) is 16.9. The zero-order valence-corrected chi connectivity index (χ0v) is 46.2. The Balaban J connectivity index is 0.757. The molecule has 1 aliphatic carbocycles. The number of nitrogens with one attached hydrogen (secondary N) is 3. The van der Waals surface area contributed by atoms with E-state index in [-0.39, 0.29) is 66.9 Å². The van der Waals surface area contributed by atoms with E-state index in [1.807, 2.05) is 68.6 Å². The third-order valence-corrected chi connectivity index (χ3v) is 18.4. The fourth-order valence-corrected chi connectivity index (χ4v) is 13.2. The van der Waals surface area contributed by atoms with Crippen molar-refractivity contribution in [3.63, 3.8) is 0 Å². The van der Waals surface area contributed by atoms with Gasteiger partial charge in [-0.2, -0.15) is 0 Å². The molecule has 3 aromatic heterocycles. The van der Waals surface area contributed by atoms with Gasteiger partial charge in [-0.05, 0) is 88.3 Å². The first kappa shape index (κ1) is 54.7. The Morgan fingerprint density at radius 1 is 1.01 bits per heavy atom. The van der Waals surface area contributed by atoms with Gasteiger partial charge in [0.05, 0.1) is 58.4 Å². The van der Waals surface area contributed by atoms with Crippen LogP contribution in [0, 0.1) is 23.7 Å². The smallest absolute Gasteiger partial charge is 0.246 e. The van der Waals surface area contributed by atoms with Crippen molar-refractivity contribution in [1.29, 1.82) is 0 Å². The maximum Gasteiger partial charge on any atom is 0.246 e. The van der Waals surface area contributed by atoms with E-state index in [1.54, 1.807) is 23.7 Å².